The van der Waals surface area contributed by atoms with Crippen molar-refractivity contribution in [1.82, 2.24) is 9.80 Å². The second kappa shape index (κ2) is 6.97. The molecule has 0 aromatic heterocycles. The van der Waals surface area contributed by atoms with Gasteiger partial charge in [-0.15, -0.1) is 0 Å². The number of hydrogen-bond donors (Lipinski definition) is 0. The number of hydrogen-bond acceptors (Lipinski definition) is 4. The molecule has 0 spiro atoms. The van der Waals surface area contributed by atoms with E-state index in [0.717, 1.165) is 38.4 Å². The van der Waals surface area contributed by atoms with Crippen molar-refractivity contribution in [2.45, 2.75) is 25.8 Å². The van der Waals surface area contributed by atoms with E-state index < -0.39 is 5.82 Å². The number of rotatable bonds is 3. The predicted molar refractivity (Wildman–Crippen MR) is 90.7 cm³/mol. The molecule has 0 aliphatic carbocycles. The van der Waals surface area contributed by atoms with Crippen molar-refractivity contribution < 1.29 is 9.18 Å². The van der Waals surface area contributed by atoms with Crippen LogP contribution in [0.3, 0.4) is 0 Å². The molecule has 2 saturated heterocycles. The number of Topliss-reactive ketones (excluding diaryl/α,β-unsaturated/α-hetero) is 1. The Morgan fingerprint density at radius 3 is 2.57 bits per heavy atom. The number of ketones is 1. The highest BCUT2D eigenvalue weighted by Gasteiger charge is 2.28. The van der Waals surface area contributed by atoms with Gasteiger partial charge in [0.15, 0.2) is 5.78 Å². The summed E-state index contributed by atoms with van der Waals surface area (Å²) in [4.78, 5) is 18.9. The van der Waals surface area contributed by atoms with Gasteiger partial charge in [0, 0.05) is 38.8 Å². The summed E-state index contributed by atoms with van der Waals surface area (Å²) in [6.45, 7) is 7.43. The number of likely N-dealkylation sites (tertiary alicyclic amines) is 1. The van der Waals surface area contributed by atoms with E-state index in [2.05, 4.69) is 21.7 Å². The molecule has 1 aromatic carbocycles. The third kappa shape index (κ3) is 3.56. The first-order valence-corrected chi connectivity index (χ1v) is 8.53. The Morgan fingerprint density at radius 1 is 1.17 bits per heavy atom. The lowest BCUT2D eigenvalue weighted by Crippen LogP contribution is -2.54. The third-order valence-corrected chi connectivity index (χ3v) is 5.11. The molecule has 0 amide bonds. The first-order valence-electron chi connectivity index (χ1n) is 8.53. The molecule has 0 saturated carbocycles. The maximum absolute atomic E-state index is 14.0. The average Bonchev–Trinajstić information content (AvgIpc) is 2.54. The van der Waals surface area contributed by atoms with Crippen LogP contribution in [0.2, 0.25) is 0 Å². The Hall–Kier alpha value is -1.46. The first kappa shape index (κ1) is 16.4. The summed E-state index contributed by atoms with van der Waals surface area (Å²) in [7, 11) is 2.19. The summed E-state index contributed by atoms with van der Waals surface area (Å²) in [6.07, 6.45) is 2.53. The Bertz CT molecular complexity index is 569. The molecule has 2 aliphatic heterocycles. The van der Waals surface area contributed by atoms with Crippen LogP contribution in [-0.4, -0.2) is 67.9 Å². The van der Waals surface area contributed by atoms with Gasteiger partial charge in [-0.05, 0) is 45.5 Å². The lowest BCUT2D eigenvalue weighted by molar-refractivity contribution is 0.101. The van der Waals surface area contributed by atoms with Crippen LogP contribution in [0.5, 0.6) is 0 Å². The Balaban J connectivity index is 1.68. The van der Waals surface area contributed by atoms with Crippen LogP contribution >= 0.6 is 0 Å². The summed E-state index contributed by atoms with van der Waals surface area (Å²) in [5.41, 5.74) is 0.983. The zero-order valence-corrected chi connectivity index (χ0v) is 14.1. The molecule has 1 atom stereocenters. The Kier molecular flexibility index (Phi) is 4.97. The quantitative estimate of drug-likeness (QED) is 0.799. The number of likely N-dealkylation sites (N-methyl/N-ethyl adjacent to an activating group) is 1. The highest BCUT2D eigenvalue weighted by Crippen LogP contribution is 2.26. The van der Waals surface area contributed by atoms with Gasteiger partial charge in [-0.3, -0.25) is 9.69 Å². The third-order valence-electron chi connectivity index (χ3n) is 5.11. The van der Waals surface area contributed by atoms with Gasteiger partial charge in [0.05, 0.1) is 11.3 Å². The lowest BCUT2D eigenvalue weighted by Gasteiger charge is -2.43. The summed E-state index contributed by atoms with van der Waals surface area (Å²) in [6, 6.07) is 5.56. The summed E-state index contributed by atoms with van der Waals surface area (Å²) in [5, 5.41) is 0. The van der Waals surface area contributed by atoms with Crippen LogP contribution in [0.15, 0.2) is 18.2 Å². The van der Waals surface area contributed by atoms with Gasteiger partial charge in [-0.25, -0.2) is 4.39 Å². The van der Waals surface area contributed by atoms with Gasteiger partial charge in [-0.2, -0.15) is 0 Å². The van der Waals surface area contributed by atoms with Crippen molar-refractivity contribution in [2.24, 2.45) is 0 Å². The summed E-state index contributed by atoms with van der Waals surface area (Å²) >= 11 is 0. The van der Waals surface area contributed by atoms with Crippen LogP contribution in [0.4, 0.5) is 10.1 Å². The van der Waals surface area contributed by atoms with E-state index >= 15 is 0 Å². The minimum Gasteiger partial charge on any atom is -0.368 e. The standard InChI is InChI=1S/C18H26FN3O/c1-14(23)18-16(19)6-3-7-17(18)22-11-9-21(10-12-22)15-5-4-8-20(2)13-15/h3,6-7,15H,4-5,8-13H2,1-2H3. The molecule has 4 nitrogen and oxygen atoms in total. The molecule has 0 N–H and O–H groups in total. The number of carbonyl (C=O) groups is 1. The zero-order chi connectivity index (χ0) is 16.4. The average molecular weight is 319 g/mol. The minimum atomic E-state index is -0.411. The van der Waals surface area contributed by atoms with Crippen molar-refractivity contribution in [1.29, 1.82) is 0 Å². The zero-order valence-electron chi connectivity index (χ0n) is 14.1. The monoisotopic (exact) mass is 319 g/mol. The van der Waals surface area contributed by atoms with Gasteiger partial charge >= 0.3 is 0 Å². The second-order valence-electron chi connectivity index (χ2n) is 6.77. The van der Waals surface area contributed by atoms with Crippen molar-refractivity contribution in [3.05, 3.63) is 29.6 Å². The number of piperazine rings is 1. The molecule has 0 radical (unpaired) electrons. The largest absolute Gasteiger partial charge is 0.368 e. The van der Waals surface area contributed by atoms with Crippen LogP contribution in [0.25, 0.3) is 0 Å². The van der Waals surface area contributed by atoms with E-state index in [1.54, 1.807) is 6.07 Å². The van der Waals surface area contributed by atoms with Crippen molar-refractivity contribution in [2.75, 3.05) is 51.2 Å². The highest BCUT2D eigenvalue weighted by atomic mass is 19.1. The molecule has 3 rings (SSSR count). The van der Waals surface area contributed by atoms with E-state index in [4.69, 9.17) is 0 Å². The van der Waals surface area contributed by atoms with Crippen molar-refractivity contribution >= 4 is 11.5 Å². The molecule has 2 fully saturated rings. The van der Waals surface area contributed by atoms with E-state index in [-0.39, 0.29) is 11.3 Å². The van der Waals surface area contributed by atoms with Gasteiger partial charge in [0.25, 0.3) is 0 Å². The second-order valence-corrected chi connectivity index (χ2v) is 6.77. The highest BCUT2D eigenvalue weighted by molar-refractivity contribution is 6.00. The fourth-order valence-electron chi connectivity index (χ4n) is 3.89. The number of benzene rings is 1. The van der Waals surface area contributed by atoms with Crippen LogP contribution in [-0.2, 0) is 0 Å². The molecular weight excluding hydrogens is 293 g/mol. The molecular formula is C18H26FN3O. The molecule has 0 bridgehead atoms. The van der Waals surface area contributed by atoms with E-state index in [9.17, 15) is 9.18 Å². The fourth-order valence-corrected chi connectivity index (χ4v) is 3.89. The molecule has 5 heteroatoms. The minimum absolute atomic E-state index is 0.200. The Labute approximate surface area is 137 Å². The Morgan fingerprint density at radius 2 is 1.91 bits per heavy atom. The number of piperidine rings is 1. The van der Waals surface area contributed by atoms with Gasteiger partial charge in [0.1, 0.15) is 5.82 Å². The topological polar surface area (TPSA) is 26.8 Å². The SMILES string of the molecule is CC(=O)c1c(F)cccc1N1CCN(C2CCCN(C)C2)CC1. The van der Waals surface area contributed by atoms with Crippen LogP contribution in [0, 0.1) is 5.82 Å². The van der Waals surface area contributed by atoms with E-state index in [0.29, 0.717) is 6.04 Å². The number of carbonyl (C=O) groups excluding carboxylic acids is 1. The smallest absolute Gasteiger partial charge is 0.164 e. The van der Waals surface area contributed by atoms with Crippen molar-refractivity contribution in [3.63, 3.8) is 0 Å². The molecule has 23 heavy (non-hydrogen) atoms. The van der Waals surface area contributed by atoms with Gasteiger partial charge in [-0.1, -0.05) is 6.07 Å². The predicted octanol–water partition coefficient (Wildman–Crippen LogP) is 2.24. The lowest BCUT2D eigenvalue weighted by atomic mass is 10.0. The maximum Gasteiger partial charge on any atom is 0.164 e. The van der Waals surface area contributed by atoms with Crippen LogP contribution in [0.1, 0.15) is 30.1 Å². The maximum atomic E-state index is 14.0. The number of anilines is 1. The van der Waals surface area contributed by atoms with Crippen molar-refractivity contribution in [3.8, 4) is 0 Å². The molecule has 1 unspecified atom stereocenters. The van der Waals surface area contributed by atoms with Gasteiger partial charge < -0.3 is 9.80 Å². The van der Waals surface area contributed by atoms with Crippen LogP contribution < -0.4 is 4.90 Å². The first-order chi connectivity index (χ1) is 11.1. The molecule has 2 aliphatic rings. The molecule has 2 heterocycles. The van der Waals surface area contributed by atoms with E-state index in [1.165, 1.54) is 32.4 Å². The number of nitrogens with zero attached hydrogens (tertiary/aromatic N) is 3. The van der Waals surface area contributed by atoms with E-state index in [1.807, 2.05) is 6.07 Å². The normalized spacial score (nSPS) is 24.0. The fraction of sp³-hybridized carbons (Fsp3) is 0.611. The summed E-state index contributed by atoms with van der Waals surface area (Å²) in [5.74, 6) is -0.610. The summed E-state index contributed by atoms with van der Waals surface area (Å²) < 4.78 is 14.0. The van der Waals surface area contributed by atoms with Gasteiger partial charge in [0.2, 0.25) is 0 Å². The molecule has 1 aromatic rings. The number of halogens is 1. The molecule has 126 valence electrons.